The second-order valence-corrected chi connectivity index (χ2v) is 3.39. The molecule has 15 heavy (non-hydrogen) atoms. The Bertz CT molecular complexity index is 380. The molecule has 0 radical (unpaired) electrons. The fourth-order valence-corrected chi connectivity index (χ4v) is 1.47. The molecule has 1 unspecified atom stereocenters. The lowest BCUT2D eigenvalue weighted by molar-refractivity contribution is 0.0663. The number of hydrogen-bond acceptors (Lipinski definition) is 3. The minimum absolute atomic E-state index is 0.266. The molecule has 3 heteroatoms. The second kappa shape index (κ2) is 4.28. The van der Waals surface area contributed by atoms with Crippen LogP contribution >= 0.6 is 0 Å². The smallest absolute Gasteiger partial charge is 0.343 e. The van der Waals surface area contributed by atoms with Gasteiger partial charge in [0, 0.05) is 6.42 Å². The van der Waals surface area contributed by atoms with Gasteiger partial charge in [0.2, 0.25) is 0 Å². The van der Waals surface area contributed by atoms with Gasteiger partial charge >= 0.3 is 5.97 Å². The lowest BCUT2D eigenvalue weighted by atomic mass is 10.0. The largest absolute Gasteiger partial charge is 0.432 e. The van der Waals surface area contributed by atoms with Crippen molar-refractivity contribution in [2.75, 3.05) is 6.61 Å². The van der Waals surface area contributed by atoms with Crippen molar-refractivity contribution in [1.82, 2.24) is 0 Å². The van der Waals surface area contributed by atoms with Gasteiger partial charge in [-0.3, -0.25) is 0 Å². The quantitative estimate of drug-likeness (QED) is 0.427. The predicted molar refractivity (Wildman–Crippen MR) is 55.5 cm³/mol. The average Bonchev–Trinajstić information content (AvgIpc) is 3.03. The van der Waals surface area contributed by atoms with Crippen LogP contribution in [0.25, 0.3) is 0 Å². The summed E-state index contributed by atoms with van der Waals surface area (Å²) in [6.45, 7) is 4.14. The van der Waals surface area contributed by atoms with Crippen LogP contribution in [0.5, 0.6) is 0 Å². The van der Waals surface area contributed by atoms with Gasteiger partial charge in [0.05, 0.1) is 24.5 Å². The van der Waals surface area contributed by atoms with Crippen LogP contribution in [-0.4, -0.2) is 18.7 Å². The van der Waals surface area contributed by atoms with Crippen LogP contribution in [-0.2, 0) is 15.9 Å². The first kappa shape index (κ1) is 9.93. The van der Waals surface area contributed by atoms with E-state index in [0.29, 0.717) is 5.56 Å². The van der Waals surface area contributed by atoms with Crippen molar-refractivity contribution in [1.29, 1.82) is 0 Å². The van der Waals surface area contributed by atoms with Crippen LogP contribution in [0.2, 0.25) is 0 Å². The van der Waals surface area contributed by atoms with E-state index in [4.69, 9.17) is 9.47 Å². The molecular formula is C12H12O3. The topological polar surface area (TPSA) is 38.8 Å². The number of rotatable bonds is 4. The molecule has 0 spiro atoms. The Kier molecular flexibility index (Phi) is 2.83. The minimum Gasteiger partial charge on any atom is -0.432 e. The molecule has 1 aromatic carbocycles. The van der Waals surface area contributed by atoms with Gasteiger partial charge in [-0.1, -0.05) is 24.8 Å². The Morgan fingerprint density at radius 1 is 1.60 bits per heavy atom. The van der Waals surface area contributed by atoms with Crippen LogP contribution < -0.4 is 0 Å². The summed E-state index contributed by atoms with van der Waals surface area (Å²) in [6.07, 6.45) is 2.18. The number of hydrogen-bond donors (Lipinski definition) is 0. The average molecular weight is 204 g/mol. The van der Waals surface area contributed by atoms with Gasteiger partial charge in [-0.2, -0.15) is 0 Å². The van der Waals surface area contributed by atoms with Gasteiger partial charge in [0.15, 0.2) is 0 Å². The zero-order valence-electron chi connectivity index (χ0n) is 8.31. The molecule has 3 nitrogen and oxygen atoms in total. The van der Waals surface area contributed by atoms with Crippen LogP contribution in [0, 0.1) is 0 Å². The van der Waals surface area contributed by atoms with Gasteiger partial charge in [0.1, 0.15) is 0 Å². The molecular weight excluding hydrogens is 192 g/mol. The molecule has 0 saturated carbocycles. The third-order valence-electron chi connectivity index (χ3n) is 2.28. The van der Waals surface area contributed by atoms with Gasteiger partial charge in [0.25, 0.3) is 0 Å². The highest BCUT2D eigenvalue weighted by molar-refractivity contribution is 5.91. The van der Waals surface area contributed by atoms with E-state index in [-0.39, 0.29) is 12.1 Å². The predicted octanol–water partition coefficient (Wildman–Crippen LogP) is 1.93. The fourth-order valence-electron chi connectivity index (χ4n) is 1.47. The van der Waals surface area contributed by atoms with Gasteiger partial charge < -0.3 is 9.47 Å². The molecule has 0 amide bonds. The van der Waals surface area contributed by atoms with E-state index in [1.54, 1.807) is 6.07 Å². The van der Waals surface area contributed by atoms with Gasteiger partial charge in [-0.05, 0) is 11.6 Å². The van der Waals surface area contributed by atoms with E-state index in [2.05, 4.69) is 6.58 Å². The maximum absolute atomic E-state index is 11.5. The standard InChI is InChI=1S/C12H12O3/c1-2-14-12(13)11-6-4-3-5-9(11)7-10-8-15-10/h2-6,10H,1,7-8H2. The van der Waals surface area contributed by atoms with Crippen molar-refractivity contribution in [3.05, 3.63) is 48.2 Å². The maximum Gasteiger partial charge on any atom is 0.343 e. The third-order valence-corrected chi connectivity index (χ3v) is 2.28. The van der Waals surface area contributed by atoms with E-state index in [9.17, 15) is 4.79 Å². The highest BCUT2D eigenvalue weighted by Crippen LogP contribution is 2.19. The molecule has 1 atom stereocenters. The van der Waals surface area contributed by atoms with Crippen LogP contribution in [0.4, 0.5) is 0 Å². The van der Waals surface area contributed by atoms with Crippen LogP contribution in [0.1, 0.15) is 15.9 Å². The molecule has 1 fully saturated rings. The number of ether oxygens (including phenoxy) is 2. The zero-order chi connectivity index (χ0) is 10.7. The van der Waals surface area contributed by atoms with Crippen molar-refractivity contribution < 1.29 is 14.3 Å². The molecule has 1 aliphatic heterocycles. The molecule has 1 saturated heterocycles. The van der Waals surface area contributed by atoms with Crippen molar-refractivity contribution in [2.24, 2.45) is 0 Å². The molecule has 1 aliphatic rings. The van der Waals surface area contributed by atoms with E-state index in [1.165, 1.54) is 0 Å². The summed E-state index contributed by atoms with van der Waals surface area (Å²) in [6, 6.07) is 7.39. The monoisotopic (exact) mass is 204 g/mol. The Labute approximate surface area is 88.3 Å². The highest BCUT2D eigenvalue weighted by atomic mass is 16.6. The molecule has 0 aromatic heterocycles. The van der Waals surface area contributed by atoms with Gasteiger partial charge in [-0.25, -0.2) is 4.79 Å². The third kappa shape index (κ3) is 2.44. The van der Waals surface area contributed by atoms with Crippen molar-refractivity contribution in [2.45, 2.75) is 12.5 Å². The Hall–Kier alpha value is -1.61. The lowest BCUT2D eigenvalue weighted by Gasteiger charge is -2.05. The Morgan fingerprint density at radius 3 is 3.00 bits per heavy atom. The number of benzene rings is 1. The molecule has 2 rings (SSSR count). The summed E-state index contributed by atoms with van der Waals surface area (Å²) in [5, 5.41) is 0. The van der Waals surface area contributed by atoms with Crippen LogP contribution in [0.15, 0.2) is 37.1 Å². The highest BCUT2D eigenvalue weighted by Gasteiger charge is 2.25. The number of carbonyl (C=O) groups is 1. The number of epoxide rings is 1. The number of carbonyl (C=O) groups excluding carboxylic acids is 1. The normalized spacial score (nSPS) is 18.3. The van der Waals surface area contributed by atoms with Crippen molar-refractivity contribution in [3.8, 4) is 0 Å². The summed E-state index contributed by atoms with van der Waals surface area (Å²) in [5.74, 6) is -0.360. The van der Waals surface area contributed by atoms with Crippen LogP contribution in [0.3, 0.4) is 0 Å². The molecule has 0 bridgehead atoms. The fraction of sp³-hybridized carbons (Fsp3) is 0.250. The SMILES string of the molecule is C=COC(=O)c1ccccc1CC1CO1. The molecule has 1 aromatic rings. The second-order valence-electron chi connectivity index (χ2n) is 3.39. The molecule has 78 valence electrons. The van der Waals surface area contributed by atoms with E-state index >= 15 is 0 Å². The molecule has 1 heterocycles. The van der Waals surface area contributed by atoms with Crippen molar-refractivity contribution in [3.63, 3.8) is 0 Å². The van der Waals surface area contributed by atoms with E-state index in [1.807, 2.05) is 18.2 Å². The minimum atomic E-state index is -0.360. The first-order valence-electron chi connectivity index (χ1n) is 4.82. The summed E-state index contributed by atoms with van der Waals surface area (Å²) >= 11 is 0. The summed E-state index contributed by atoms with van der Waals surface area (Å²) in [5.41, 5.74) is 1.56. The molecule has 0 N–H and O–H groups in total. The van der Waals surface area contributed by atoms with E-state index < -0.39 is 0 Å². The van der Waals surface area contributed by atoms with E-state index in [0.717, 1.165) is 24.9 Å². The Balaban J connectivity index is 2.19. The van der Waals surface area contributed by atoms with Gasteiger partial charge in [-0.15, -0.1) is 0 Å². The first-order chi connectivity index (χ1) is 7.31. The summed E-state index contributed by atoms with van der Waals surface area (Å²) in [4.78, 5) is 11.5. The molecule has 0 aliphatic carbocycles. The Morgan fingerprint density at radius 2 is 2.33 bits per heavy atom. The summed E-state index contributed by atoms with van der Waals surface area (Å²) < 4.78 is 9.89. The first-order valence-corrected chi connectivity index (χ1v) is 4.82. The van der Waals surface area contributed by atoms with Crippen molar-refractivity contribution >= 4 is 5.97 Å². The summed E-state index contributed by atoms with van der Waals surface area (Å²) in [7, 11) is 0. The zero-order valence-corrected chi connectivity index (χ0v) is 8.31. The maximum atomic E-state index is 11.5. The lowest BCUT2D eigenvalue weighted by Crippen LogP contribution is -2.06. The number of esters is 1.